The second kappa shape index (κ2) is 6.80. The molecule has 2 aliphatic carbocycles. The smallest absolute Gasteiger partial charge is 0.292 e. The summed E-state index contributed by atoms with van der Waals surface area (Å²) in [6, 6.07) is 5.06. The summed E-state index contributed by atoms with van der Waals surface area (Å²) in [6.07, 6.45) is 5.79. The molecule has 3 aliphatic rings. The van der Waals surface area contributed by atoms with Gasteiger partial charge in [0.15, 0.2) is 10.4 Å². The monoisotopic (exact) mass is 443 g/mol. The molecule has 2 aromatic rings. The highest BCUT2D eigenvalue weighted by Crippen LogP contribution is 2.40. The lowest BCUT2D eigenvalue weighted by molar-refractivity contribution is -0.120. The Balaban J connectivity index is 1.49. The van der Waals surface area contributed by atoms with Crippen LogP contribution in [0.4, 0.5) is 5.82 Å². The number of carbonyl (C=O) groups excluding carboxylic acids is 2. The maximum Gasteiger partial charge on any atom is 0.292 e. The van der Waals surface area contributed by atoms with E-state index in [-0.39, 0.29) is 23.5 Å². The van der Waals surface area contributed by atoms with Crippen LogP contribution in [0.15, 0.2) is 37.3 Å². The van der Waals surface area contributed by atoms with E-state index in [2.05, 4.69) is 36.3 Å². The van der Waals surface area contributed by atoms with Crippen molar-refractivity contribution >= 4 is 45.2 Å². The lowest BCUT2D eigenvalue weighted by Crippen LogP contribution is -2.33. The van der Waals surface area contributed by atoms with Crippen molar-refractivity contribution < 1.29 is 14.0 Å². The first-order valence-electron chi connectivity index (χ1n) is 9.45. The highest BCUT2D eigenvalue weighted by atomic mass is 79.9. The van der Waals surface area contributed by atoms with E-state index in [0.717, 1.165) is 49.9 Å². The maximum atomic E-state index is 12.5. The van der Waals surface area contributed by atoms with E-state index in [9.17, 15) is 9.59 Å². The topological polar surface area (TPSA) is 102 Å². The van der Waals surface area contributed by atoms with Crippen LogP contribution in [0.1, 0.15) is 60.7 Å². The number of amides is 2. The first-order chi connectivity index (χ1) is 13.6. The number of anilines is 1. The molecule has 2 aromatic heterocycles. The summed E-state index contributed by atoms with van der Waals surface area (Å²) in [5.74, 6) is 0.438. The fourth-order valence-corrected chi connectivity index (χ4v) is 3.96. The zero-order valence-electron chi connectivity index (χ0n) is 15.0. The third-order valence-electron chi connectivity index (χ3n) is 5.28. The highest BCUT2D eigenvalue weighted by Gasteiger charge is 2.33. The Morgan fingerprint density at radius 3 is 2.82 bits per heavy atom. The molecule has 0 spiro atoms. The normalized spacial score (nSPS) is 21.8. The number of aliphatic imine (C=N–C) groups is 2. The molecule has 9 heteroatoms. The molecule has 144 valence electrons. The Morgan fingerprint density at radius 1 is 1.21 bits per heavy atom. The second-order valence-electron chi connectivity index (χ2n) is 7.35. The molecule has 3 heterocycles. The molecular weight excluding hydrogens is 426 g/mol. The molecule has 1 N–H and O–H groups in total. The molecular formula is C19H18BrN5O3. The molecule has 1 unspecified atom stereocenters. The summed E-state index contributed by atoms with van der Waals surface area (Å²) in [7, 11) is 0. The van der Waals surface area contributed by atoms with Crippen molar-refractivity contribution in [3.05, 3.63) is 34.3 Å². The number of fused-ring (bicyclic) bond motifs is 1. The van der Waals surface area contributed by atoms with Crippen LogP contribution in [0, 0.1) is 5.92 Å². The lowest BCUT2D eigenvalue weighted by atomic mass is 9.86. The molecule has 28 heavy (non-hydrogen) atoms. The van der Waals surface area contributed by atoms with Crippen molar-refractivity contribution in [3.8, 4) is 0 Å². The van der Waals surface area contributed by atoms with Gasteiger partial charge in [0.2, 0.25) is 0 Å². The lowest BCUT2D eigenvalue weighted by Gasteiger charge is -2.24. The van der Waals surface area contributed by atoms with Crippen LogP contribution in [0.2, 0.25) is 0 Å². The van der Waals surface area contributed by atoms with E-state index in [1.807, 2.05) is 6.07 Å². The van der Waals surface area contributed by atoms with Crippen LogP contribution in [0.25, 0.3) is 0 Å². The molecule has 0 saturated heterocycles. The van der Waals surface area contributed by atoms with Crippen LogP contribution >= 0.6 is 15.9 Å². The van der Waals surface area contributed by atoms with Gasteiger partial charge >= 0.3 is 0 Å². The Bertz CT molecular complexity index is 1030. The minimum Gasteiger partial charge on any atom is -0.444 e. The Hall–Kier alpha value is -2.55. The molecule has 0 radical (unpaired) electrons. The minimum absolute atomic E-state index is 0.171. The van der Waals surface area contributed by atoms with E-state index in [1.54, 1.807) is 12.1 Å². The molecule has 2 saturated carbocycles. The largest absolute Gasteiger partial charge is 0.444 e. The van der Waals surface area contributed by atoms with E-state index < -0.39 is 5.91 Å². The number of rotatable bonds is 3. The number of hydrogen-bond donors (Lipinski definition) is 1. The average Bonchev–Trinajstić information content (AvgIpc) is 3.31. The SMILES string of the molecule is O=C(Nc1cc(C2CC2)nn1C1=NC(=O)C2CCCCC2=N1)c1ccc(Br)o1. The van der Waals surface area contributed by atoms with E-state index >= 15 is 0 Å². The predicted molar refractivity (Wildman–Crippen MR) is 106 cm³/mol. The summed E-state index contributed by atoms with van der Waals surface area (Å²) < 4.78 is 7.27. The first-order valence-corrected chi connectivity index (χ1v) is 10.2. The summed E-state index contributed by atoms with van der Waals surface area (Å²) in [4.78, 5) is 33.9. The van der Waals surface area contributed by atoms with Crippen molar-refractivity contribution in [3.63, 3.8) is 0 Å². The maximum absolute atomic E-state index is 12.5. The van der Waals surface area contributed by atoms with E-state index in [1.165, 1.54) is 4.68 Å². The predicted octanol–water partition coefficient (Wildman–Crippen LogP) is 3.74. The van der Waals surface area contributed by atoms with Crippen molar-refractivity contribution in [2.45, 2.75) is 44.4 Å². The number of halogens is 1. The minimum atomic E-state index is -0.403. The summed E-state index contributed by atoms with van der Waals surface area (Å²) >= 11 is 3.19. The summed E-state index contributed by atoms with van der Waals surface area (Å²) in [5.41, 5.74) is 1.74. The van der Waals surface area contributed by atoms with Gasteiger partial charge in [-0.2, -0.15) is 14.8 Å². The van der Waals surface area contributed by atoms with Gasteiger partial charge in [0.25, 0.3) is 17.8 Å². The van der Waals surface area contributed by atoms with Gasteiger partial charge in [0, 0.05) is 17.7 Å². The van der Waals surface area contributed by atoms with Crippen LogP contribution in [0.3, 0.4) is 0 Å². The number of carbonyl (C=O) groups is 2. The van der Waals surface area contributed by atoms with Gasteiger partial charge in [-0.3, -0.25) is 9.59 Å². The van der Waals surface area contributed by atoms with Gasteiger partial charge in [-0.1, -0.05) is 6.42 Å². The molecule has 2 amide bonds. The third-order valence-corrected chi connectivity index (χ3v) is 5.71. The average molecular weight is 444 g/mol. The third kappa shape index (κ3) is 3.23. The molecule has 8 nitrogen and oxygen atoms in total. The number of nitrogens with one attached hydrogen (secondary N) is 1. The Morgan fingerprint density at radius 2 is 2.07 bits per heavy atom. The zero-order chi connectivity index (χ0) is 19.3. The molecule has 0 bridgehead atoms. The van der Waals surface area contributed by atoms with Crippen LogP contribution in [-0.2, 0) is 4.79 Å². The van der Waals surface area contributed by atoms with Gasteiger partial charge in [-0.25, -0.2) is 4.99 Å². The van der Waals surface area contributed by atoms with Crippen LogP contribution in [-0.4, -0.2) is 33.3 Å². The van der Waals surface area contributed by atoms with Crippen molar-refractivity contribution in [1.82, 2.24) is 9.78 Å². The quantitative estimate of drug-likeness (QED) is 0.779. The van der Waals surface area contributed by atoms with Gasteiger partial charge in [-0.15, -0.1) is 0 Å². The molecule has 0 aromatic carbocycles. The number of furan rings is 1. The molecule has 1 aliphatic heterocycles. The summed E-state index contributed by atoms with van der Waals surface area (Å²) in [5, 5.41) is 7.40. The number of hydrogen-bond acceptors (Lipinski definition) is 5. The molecule has 2 fully saturated rings. The van der Waals surface area contributed by atoms with Crippen molar-refractivity contribution in [2.24, 2.45) is 15.9 Å². The van der Waals surface area contributed by atoms with Crippen molar-refractivity contribution in [1.29, 1.82) is 0 Å². The van der Waals surface area contributed by atoms with E-state index in [4.69, 9.17) is 4.42 Å². The fourth-order valence-electron chi connectivity index (χ4n) is 3.65. The fraction of sp³-hybridized carbons (Fsp3) is 0.421. The first kappa shape index (κ1) is 17.5. The Kier molecular flexibility index (Phi) is 4.26. The standard InChI is InChI=1S/C19H18BrN5O3/c20-15-8-7-14(28-15)18(27)22-16-9-13(10-5-6-10)24-25(16)19-21-12-4-2-1-3-11(12)17(26)23-19/h7-11H,1-6H2,(H,22,27). The zero-order valence-corrected chi connectivity index (χ0v) is 16.6. The van der Waals surface area contributed by atoms with Gasteiger partial charge < -0.3 is 9.73 Å². The highest BCUT2D eigenvalue weighted by molar-refractivity contribution is 9.10. The van der Waals surface area contributed by atoms with Gasteiger partial charge in [0.05, 0.1) is 11.6 Å². The molecule has 1 atom stereocenters. The van der Waals surface area contributed by atoms with Crippen LogP contribution < -0.4 is 5.32 Å². The molecule has 5 rings (SSSR count). The van der Waals surface area contributed by atoms with Crippen molar-refractivity contribution in [2.75, 3.05) is 5.32 Å². The van der Waals surface area contributed by atoms with Gasteiger partial charge in [-0.05, 0) is 60.2 Å². The summed E-state index contributed by atoms with van der Waals surface area (Å²) in [6.45, 7) is 0. The number of nitrogens with zero attached hydrogens (tertiary/aromatic N) is 4. The second-order valence-corrected chi connectivity index (χ2v) is 8.13. The Labute approximate surface area is 169 Å². The van der Waals surface area contributed by atoms with E-state index in [0.29, 0.717) is 16.4 Å². The number of aromatic nitrogens is 2. The van der Waals surface area contributed by atoms with Crippen LogP contribution in [0.5, 0.6) is 0 Å². The van der Waals surface area contributed by atoms with Gasteiger partial charge in [0.1, 0.15) is 5.82 Å².